The maximum Gasteiger partial charge on any atom is 0.0845 e. The molecule has 3 heteroatoms. The van der Waals surface area contributed by atoms with Crippen molar-refractivity contribution >= 4 is 27.5 Å². The molecule has 1 atom stereocenters. The van der Waals surface area contributed by atoms with Crippen LogP contribution in [0.5, 0.6) is 0 Å². The highest BCUT2D eigenvalue weighted by molar-refractivity contribution is 9.10. The number of benzene rings is 2. The van der Waals surface area contributed by atoms with Gasteiger partial charge in [-0.15, -0.1) is 0 Å². The van der Waals surface area contributed by atoms with E-state index in [2.05, 4.69) is 48.8 Å². The molecule has 0 amide bonds. The van der Waals surface area contributed by atoms with Gasteiger partial charge in [0.2, 0.25) is 0 Å². The van der Waals surface area contributed by atoms with E-state index in [0.717, 1.165) is 10.0 Å². The highest BCUT2D eigenvalue weighted by Gasteiger charge is 2.15. The summed E-state index contributed by atoms with van der Waals surface area (Å²) in [5.74, 6) is 0. The number of aliphatic hydroxyl groups is 1. The van der Waals surface area contributed by atoms with Crippen molar-refractivity contribution in [3.05, 3.63) is 67.6 Å². The molecule has 20 heavy (non-hydrogen) atoms. The lowest BCUT2D eigenvalue weighted by atomic mass is 9.93. The molecular weight excluding hydrogens is 336 g/mol. The molecule has 0 aliphatic carbocycles. The van der Waals surface area contributed by atoms with E-state index in [-0.39, 0.29) is 0 Å². The molecule has 0 spiro atoms. The molecule has 1 N–H and O–H groups in total. The minimum atomic E-state index is -0.597. The lowest BCUT2D eigenvalue weighted by molar-refractivity contribution is 0.178. The number of rotatable bonds is 3. The molecule has 106 valence electrons. The van der Waals surface area contributed by atoms with Crippen molar-refractivity contribution in [3.8, 4) is 0 Å². The second-order valence-corrected chi connectivity index (χ2v) is 6.59. The summed E-state index contributed by atoms with van der Waals surface area (Å²) in [6, 6.07) is 9.86. The molecule has 0 fully saturated rings. The molecule has 0 heterocycles. The number of aliphatic hydroxyl groups excluding tert-OH is 1. The Labute approximate surface area is 133 Å². The second kappa shape index (κ2) is 6.30. The summed E-state index contributed by atoms with van der Waals surface area (Å²) in [4.78, 5) is 0. The van der Waals surface area contributed by atoms with Crippen LogP contribution in [0.2, 0.25) is 5.02 Å². The average molecular weight is 354 g/mol. The highest BCUT2D eigenvalue weighted by atomic mass is 79.9. The topological polar surface area (TPSA) is 20.2 Å². The smallest absolute Gasteiger partial charge is 0.0845 e. The first-order chi connectivity index (χ1) is 9.38. The fourth-order valence-corrected chi connectivity index (χ4v) is 3.23. The fraction of sp³-hybridized carbons (Fsp3) is 0.294. The van der Waals surface area contributed by atoms with E-state index in [4.69, 9.17) is 11.6 Å². The molecule has 0 bridgehead atoms. The Morgan fingerprint density at radius 1 is 1.10 bits per heavy atom. The zero-order valence-electron chi connectivity index (χ0n) is 11.9. The Morgan fingerprint density at radius 3 is 2.30 bits per heavy atom. The van der Waals surface area contributed by atoms with Crippen molar-refractivity contribution in [2.75, 3.05) is 0 Å². The van der Waals surface area contributed by atoms with Gasteiger partial charge in [-0.05, 0) is 55.7 Å². The molecule has 0 saturated heterocycles. The van der Waals surface area contributed by atoms with Gasteiger partial charge in [-0.1, -0.05) is 45.2 Å². The summed E-state index contributed by atoms with van der Waals surface area (Å²) in [5.41, 5.74) is 5.64. The summed E-state index contributed by atoms with van der Waals surface area (Å²) in [6.45, 7) is 6.26. The third-order valence-corrected chi connectivity index (χ3v) is 4.39. The van der Waals surface area contributed by atoms with Crippen molar-refractivity contribution in [1.82, 2.24) is 0 Å². The van der Waals surface area contributed by atoms with Crippen molar-refractivity contribution in [3.63, 3.8) is 0 Å². The molecule has 1 unspecified atom stereocenters. The molecule has 1 nitrogen and oxygen atoms in total. The molecule has 0 radical (unpaired) electrons. The lowest BCUT2D eigenvalue weighted by Crippen LogP contribution is -2.06. The van der Waals surface area contributed by atoms with Crippen LogP contribution < -0.4 is 0 Å². The van der Waals surface area contributed by atoms with Gasteiger partial charge in [-0.25, -0.2) is 0 Å². The maximum absolute atomic E-state index is 10.5. The van der Waals surface area contributed by atoms with E-state index in [1.54, 1.807) is 6.07 Å². The van der Waals surface area contributed by atoms with Crippen molar-refractivity contribution in [1.29, 1.82) is 0 Å². The van der Waals surface area contributed by atoms with Crippen molar-refractivity contribution in [2.45, 2.75) is 33.3 Å². The molecule has 0 aromatic heterocycles. The number of halogens is 2. The molecule has 0 aliphatic heterocycles. The molecule has 2 aromatic rings. The van der Waals surface area contributed by atoms with E-state index in [1.165, 1.54) is 22.3 Å². The first-order valence-electron chi connectivity index (χ1n) is 6.58. The zero-order chi connectivity index (χ0) is 14.9. The number of hydrogen-bond acceptors (Lipinski definition) is 1. The van der Waals surface area contributed by atoms with Gasteiger partial charge in [-0.3, -0.25) is 0 Å². The highest BCUT2D eigenvalue weighted by Crippen LogP contribution is 2.30. The summed E-state index contributed by atoms with van der Waals surface area (Å²) in [5, 5.41) is 11.1. The van der Waals surface area contributed by atoms with Gasteiger partial charge >= 0.3 is 0 Å². The summed E-state index contributed by atoms with van der Waals surface area (Å²) < 4.78 is 0.924. The Hall–Kier alpha value is -0.830. The average Bonchev–Trinajstić information content (AvgIpc) is 2.36. The van der Waals surface area contributed by atoms with Crippen LogP contribution in [0, 0.1) is 20.8 Å². The first-order valence-corrected chi connectivity index (χ1v) is 7.75. The number of hydrogen-bond donors (Lipinski definition) is 1. The predicted octanol–water partition coefficient (Wildman–Crippen LogP) is 5.30. The molecule has 2 rings (SSSR count). The molecular formula is C17H18BrClO. The Balaban J connectivity index is 2.32. The van der Waals surface area contributed by atoms with Gasteiger partial charge in [0.1, 0.15) is 0 Å². The van der Waals surface area contributed by atoms with E-state index < -0.39 is 6.10 Å². The third-order valence-electron chi connectivity index (χ3n) is 3.55. The normalized spacial score (nSPS) is 12.5. The minimum absolute atomic E-state index is 0.578. The van der Waals surface area contributed by atoms with Crippen LogP contribution in [0.15, 0.2) is 34.8 Å². The van der Waals surface area contributed by atoms with Gasteiger partial charge in [0.25, 0.3) is 0 Å². The van der Waals surface area contributed by atoms with Crippen molar-refractivity contribution in [2.24, 2.45) is 0 Å². The van der Waals surface area contributed by atoms with Crippen molar-refractivity contribution < 1.29 is 5.11 Å². The van der Waals surface area contributed by atoms with Gasteiger partial charge < -0.3 is 5.11 Å². The minimum Gasteiger partial charge on any atom is -0.388 e. The molecule has 0 aliphatic rings. The predicted molar refractivity (Wildman–Crippen MR) is 88.5 cm³/mol. The van der Waals surface area contributed by atoms with Gasteiger partial charge in [0.15, 0.2) is 0 Å². The van der Waals surface area contributed by atoms with E-state index in [1.807, 2.05) is 12.1 Å². The van der Waals surface area contributed by atoms with Crippen LogP contribution in [0.25, 0.3) is 0 Å². The van der Waals surface area contributed by atoms with Crippen LogP contribution >= 0.6 is 27.5 Å². The monoisotopic (exact) mass is 352 g/mol. The first kappa shape index (κ1) is 15.6. The third kappa shape index (κ3) is 3.43. The van der Waals surface area contributed by atoms with Crippen LogP contribution in [0.3, 0.4) is 0 Å². The SMILES string of the molecule is Cc1cc(C)c(CC(O)c2cc(Br)ccc2Cl)c(C)c1. The lowest BCUT2D eigenvalue weighted by Gasteiger charge is -2.17. The Kier molecular flexibility index (Phi) is 4.90. The summed E-state index contributed by atoms with van der Waals surface area (Å²) in [7, 11) is 0. The van der Waals surface area contributed by atoms with E-state index >= 15 is 0 Å². The Morgan fingerprint density at radius 2 is 1.70 bits per heavy atom. The Bertz CT molecular complexity index is 614. The van der Waals surface area contributed by atoms with Crippen LogP contribution in [-0.2, 0) is 6.42 Å². The molecule has 2 aromatic carbocycles. The maximum atomic E-state index is 10.5. The van der Waals surface area contributed by atoms with Crippen LogP contribution in [-0.4, -0.2) is 5.11 Å². The van der Waals surface area contributed by atoms with E-state index in [9.17, 15) is 5.11 Å². The summed E-state index contributed by atoms with van der Waals surface area (Å²) in [6.07, 6.45) is -0.0196. The van der Waals surface area contributed by atoms with E-state index in [0.29, 0.717) is 11.4 Å². The fourth-order valence-electron chi connectivity index (χ4n) is 2.61. The van der Waals surface area contributed by atoms with Gasteiger partial charge in [0.05, 0.1) is 6.10 Å². The summed E-state index contributed by atoms with van der Waals surface area (Å²) >= 11 is 9.60. The standard InChI is InChI=1S/C17H18BrClO/c1-10-6-11(2)14(12(3)7-10)9-17(20)15-8-13(18)4-5-16(15)19/h4-8,17,20H,9H2,1-3H3. The van der Waals surface area contributed by atoms with Crippen LogP contribution in [0.4, 0.5) is 0 Å². The van der Waals surface area contributed by atoms with Crippen LogP contribution in [0.1, 0.15) is 33.9 Å². The number of aryl methyl sites for hydroxylation is 3. The van der Waals surface area contributed by atoms with Gasteiger partial charge in [-0.2, -0.15) is 0 Å². The zero-order valence-corrected chi connectivity index (χ0v) is 14.2. The molecule has 0 saturated carbocycles. The van der Waals surface area contributed by atoms with Gasteiger partial charge in [0, 0.05) is 21.5 Å². The second-order valence-electron chi connectivity index (χ2n) is 5.26. The quantitative estimate of drug-likeness (QED) is 0.793. The largest absolute Gasteiger partial charge is 0.388 e.